The smallest absolute Gasteiger partial charge is 0.311 e. The summed E-state index contributed by atoms with van der Waals surface area (Å²) >= 11 is 0. The number of hydrogen-bond acceptors (Lipinski definition) is 5. The van der Waals surface area contributed by atoms with E-state index in [-0.39, 0.29) is 5.97 Å². The van der Waals surface area contributed by atoms with Gasteiger partial charge in [-0.25, -0.2) is 0 Å². The van der Waals surface area contributed by atoms with Crippen molar-refractivity contribution in [3.05, 3.63) is 95.1 Å². The van der Waals surface area contributed by atoms with Gasteiger partial charge in [0.15, 0.2) is 0 Å². The maximum Gasteiger partial charge on any atom is 0.311 e. The SMILES string of the molecule is CCCCCCCCCC(=O)Oc1ccc(/C(=C(/C)Cc2cccc(OC)c2)c2ccc(OCCCN(C)C)cc2)cc1. The highest BCUT2D eigenvalue weighted by atomic mass is 16.5. The van der Waals surface area contributed by atoms with Gasteiger partial charge >= 0.3 is 5.97 Å². The fraction of sp³-hybridized carbons (Fsp3) is 0.447. The summed E-state index contributed by atoms with van der Waals surface area (Å²) in [6.45, 7) is 6.09. The van der Waals surface area contributed by atoms with E-state index in [0.29, 0.717) is 18.8 Å². The van der Waals surface area contributed by atoms with Crippen LogP contribution >= 0.6 is 0 Å². The van der Waals surface area contributed by atoms with E-state index in [9.17, 15) is 4.79 Å². The minimum absolute atomic E-state index is 0.160. The van der Waals surface area contributed by atoms with Crippen molar-refractivity contribution in [1.82, 2.24) is 4.90 Å². The van der Waals surface area contributed by atoms with Crippen LogP contribution in [0.15, 0.2) is 78.4 Å². The summed E-state index contributed by atoms with van der Waals surface area (Å²) in [6.07, 6.45) is 10.5. The van der Waals surface area contributed by atoms with Crippen LogP contribution in [0.3, 0.4) is 0 Å². The predicted octanol–water partition coefficient (Wildman–Crippen LogP) is 9.14. The van der Waals surface area contributed by atoms with E-state index in [1.165, 1.54) is 43.2 Å². The molecule has 0 bridgehead atoms. The fourth-order valence-electron chi connectivity index (χ4n) is 5.22. The molecule has 0 aliphatic carbocycles. The summed E-state index contributed by atoms with van der Waals surface area (Å²) in [5.41, 5.74) is 5.77. The number of carbonyl (C=O) groups is 1. The fourth-order valence-corrected chi connectivity index (χ4v) is 5.22. The second kappa shape index (κ2) is 18.9. The van der Waals surface area contributed by atoms with Gasteiger partial charge in [0.2, 0.25) is 0 Å². The van der Waals surface area contributed by atoms with Crippen LogP contribution < -0.4 is 14.2 Å². The van der Waals surface area contributed by atoms with Crippen molar-refractivity contribution in [2.45, 2.75) is 78.1 Å². The van der Waals surface area contributed by atoms with Crippen LogP contribution in [0.5, 0.6) is 17.2 Å². The first-order valence-corrected chi connectivity index (χ1v) is 15.9. The highest BCUT2D eigenvalue weighted by molar-refractivity contribution is 5.83. The second-order valence-corrected chi connectivity index (χ2v) is 11.6. The van der Waals surface area contributed by atoms with Crippen molar-refractivity contribution in [1.29, 1.82) is 0 Å². The van der Waals surface area contributed by atoms with Crippen LogP contribution in [0.2, 0.25) is 0 Å². The molecule has 0 N–H and O–H groups in total. The summed E-state index contributed by atoms with van der Waals surface area (Å²) in [5, 5.41) is 0. The molecule has 43 heavy (non-hydrogen) atoms. The molecule has 0 amide bonds. The Balaban J connectivity index is 1.72. The van der Waals surface area contributed by atoms with Crippen molar-refractivity contribution in [3.8, 4) is 17.2 Å². The molecular weight excluding hydrogens is 534 g/mol. The zero-order valence-electron chi connectivity index (χ0n) is 27.0. The topological polar surface area (TPSA) is 48.0 Å². The van der Waals surface area contributed by atoms with Gasteiger partial charge in [-0.05, 0) is 98.9 Å². The third kappa shape index (κ3) is 12.3. The maximum atomic E-state index is 12.5. The minimum atomic E-state index is -0.160. The van der Waals surface area contributed by atoms with E-state index in [2.05, 4.69) is 57.1 Å². The number of nitrogens with zero attached hydrogens (tertiary/aromatic N) is 1. The molecule has 0 heterocycles. The number of esters is 1. The van der Waals surface area contributed by atoms with E-state index < -0.39 is 0 Å². The van der Waals surface area contributed by atoms with Crippen molar-refractivity contribution in [2.75, 3.05) is 34.4 Å². The Labute approximate surface area is 259 Å². The molecule has 3 aromatic carbocycles. The summed E-state index contributed by atoms with van der Waals surface area (Å²) in [4.78, 5) is 14.6. The van der Waals surface area contributed by atoms with Crippen LogP contribution in [-0.4, -0.2) is 45.2 Å². The molecule has 0 spiro atoms. The van der Waals surface area contributed by atoms with Gasteiger partial charge in [-0.1, -0.05) is 87.4 Å². The van der Waals surface area contributed by atoms with Crippen LogP contribution in [-0.2, 0) is 11.2 Å². The van der Waals surface area contributed by atoms with Gasteiger partial charge in [-0.15, -0.1) is 0 Å². The lowest BCUT2D eigenvalue weighted by Crippen LogP contribution is -2.15. The van der Waals surface area contributed by atoms with Gasteiger partial charge in [0.1, 0.15) is 17.2 Å². The Kier molecular flexibility index (Phi) is 14.9. The van der Waals surface area contributed by atoms with E-state index in [0.717, 1.165) is 60.4 Å². The Bertz CT molecular complexity index is 1260. The van der Waals surface area contributed by atoms with Gasteiger partial charge in [0.05, 0.1) is 13.7 Å². The number of hydrogen-bond donors (Lipinski definition) is 0. The average Bonchev–Trinajstić information content (AvgIpc) is 3.00. The average molecular weight is 586 g/mol. The Morgan fingerprint density at radius 2 is 1.37 bits per heavy atom. The van der Waals surface area contributed by atoms with Crippen LogP contribution in [0, 0.1) is 0 Å². The number of benzene rings is 3. The maximum absolute atomic E-state index is 12.5. The molecule has 3 rings (SSSR count). The largest absolute Gasteiger partial charge is 0.497 e. The lowest BCUT2D eigenvalue weighted by atomic mass is 9.90. The summed E-state index contributed by atoms with van der Waals surface area (Å²) < 4.78 is 17.1. The molecule has 0 atom stereocenters. The minimum Gasteiger partial charge on any atom is -0.497 e. The lowest BCUT2D eigenvalue weighted by Gasteiger charge is -2.16. The highest BCUT2D eigenvalue weighted by Gasteiger charge is 2.13. The molecule has 5 nitrogen and oxygen atoms in total. The number of carbonyl (C=O) groups excluding carboxylic acids is 1. The quantitative estimate of drug-likeness (QED) is 0.0798. The van der Waals surface area contributed by atoms with E-state index >= 15 is 0 Å². The molecule has 5 heteroatoms. The first-order valence-electron chi connectivity index (χ1n) is 15.9. The molecule has 0 saturated carbocycles. The third-order valence-corrected chi connectivity index (χ3v) is 7.55. The summed E-state index contributed by atoms with van der Waals surface area (Å²) in [6, 6.07) is 24.4. The molecule has 0 fully saturated rings. The lowest BCUT2D eigenvalue weighted by molar-refractivity contribution is -0.134. The molecule has 0 aliphatic rings. The molecular formula is C38H51NO4. The van der Waals surface area contributed by atoms with Crippen molar-refractivity contribution in [3.63, 3.8) is 0 Å². The molecule has 232 valence electrons. The normalized spacial score (nSPS) is 11.8. The summed E-state index contributed by atoms with van der Waals surface area (Å²) in [7, 11) is 5.84. The molecule has 0 radical (unpaired) electrons. The molecule has 0 saturated heterocycles. The van der Waals surface area contributed by atoms with Gasteiger partial charge in [-0.3, -0.25) is 4.79 Å². The number of allylic oxidation sites excluding steroid dienone is 1. The Morgan fingerprint density at radius 3 is 2.00 bits per heavy atom. The third-order valence-electron chi connectivity index (χ3n) is 7.55. The first kappa shape index (κ1) is 33.9. The van der Waals surface area contributed by atoms with Gasteiger partial charge in [0, 0.05) is 13.0 Å². The number of rotatable bonds is 19. The zero-order valence-corrected chi connectivity index (χ0v) is 27.0. The predicted molar refractivity (Wildman–Crippen MR) is 178 cm³/mol. The summed E-state index contributed by atoms with van der Waals surface area (Å²) in [5.74, 6) is 2.15. The van der Waals surface area contributed by atoms with E-state index in [1.54, 1.807) is 7.11 Å². The molecule has 3 aromatic rings. The van der Waals surface area contributed by atoms with Crippen LogP contribution in [0.4, 0.5) is 0 Å². The van der Waals surface area contributed by atoms with Crippen molar-refractivity contribution >= 4 is 11.5 Å². The molecule has 0 aromatic heterocycles. The number of ether oxygens (including phenoxy) is 3. The standard InChI is InChI=1S/C38H51NO4/c1-6-7-8-9-10-11-12-17-37(40)43-35-24-20-33(21-25-35)38(30(2)28-31-15-13-16-36(29-31)41-5)32-18-22-34(23-19-32)42-27-14-26-39(3)4/h13,15-16,18-25,29H,6-12,14,17,26-28H2,1-5H3/b38-30-. The van der Waals surface area contributed by atoms with Crippen LogP contribution in [0.25, 0.3) is 5.57 Å². The molecule has 0 aliphatic heterocycles. The van der Waals surface area contributed by atoms with Gasteiger partial charge in [-0.2, -0.15) is 0 Å². The van der Waals surface area contributed by atoms with Gasteiger partial charge in [0.25, 0.3) is 0 Å². The Hall–Kier alpha value is -3.57. The number of methoxy groups -OCH3 is 1. The Morgan fingerprint density at radius 1 is 0.744 bits per heavy atom. The highest BCUT2D eigenvalue weighted by Crippen LogP contribution is 2.32. The second-order valence-electron chi connectivity index (χ2n) is 11.6. The number of unbranched alkanes of at least 4 members (excludes halogenated alkanes) is 6. The first-order chi connectivity index (χ1) is 20.9. The van der Waals surface area contributed by atoms with Crippen LogP contribution in [0.1, 0.15) is 88.3 Å². The van der Waals surface area contributed by atoms with E-state index in [1.807, 2.05) is 48.5 Å². The zero-order chi connectivity index (χ0) is 30.9. The monoisotopic (exact) mass is 585 g/mol. The van der Waals surface area contributed by atoms with E-state index in [4.69, 9.17) is 14.2 Å². The molecule has 0 unspecified atom stereocenters. The van der Waals surface area contributed by atoms with Crippen molar-refractivity contribution < 1.29 is 19.0 Å². The van der Waals surface area contributed by atoms with Gasteiger partial charge < -0.3 is 19.1 Å². The van der Waals surface area contributed by atoms with Crippen molar-refractivity contribution in [2.24, 2.45) is 0 Å².